The van der Waals surface area contributed by atoms with Gasteiger partial charge in [-0.2, -0.15) is 0 Å². The van der Waals surface area contributed by atoms with Crippen molar-refractivity contribution in [2.75, 3.05) is 0 Å². The van der Waals surface area contributed by atoms with Gasteiger partial charge in [0.25, 0.3) is 0 Å². The van der Waals surface area contributed by atoms with E-state index < -0.39 is 0 Å². The minimum Gasteiger partial charge on any atom is -0.872 e. The summed E-state index contributed by atoms with van der Waals surface area (Å²) in [6.45, 7) is 0. The molecule has 0 atom stereocenters. The summed E-state index contributed by atoms with van der Waals surface area (Å²) in [7, 11) is 0. The number of rotatable bonds is 2. The van der Waals surface area contributed by atoms with Gasteiger partial charge in [0.1, 0.15) is 0 Å². The molecule has 1 heterocycles. The summed E-state index contributed by atoms with van der Waals surface area (Å²) < 4.78 is 0. The SMILES string of the molecule is [Li+].[O-]c1ccccc1-c1nc(-c2ccccc2)nc2ccccc12. The van der Waals surface area contributed by atoms with Gasteiger partial charge in [0.05, 0.1) is 11.2 Å². The van der Waals surface area contributed by atoms with E-state index in [1.54, 1.807) is 12.1 Å². The van der Waals surface area contributed by atoms with Crippen molar-refractivity contribution in [2.24, 2.45) is 0 Å². The molecule has 0 radical (unpaired) electrons. The van der Waals surface area contributed by atoms with Gasteiger partial charge in [-0.15, -0.1) is 0 Å². The Hall–Kier alpha value is -2.60. The predicted molar refractivity (Wildman–Crippen MR) is 89.9 cm³/mol. The predicted octanol–water partition coefficient (Wildman–Crippen LogP) is 1.04. The molecular weight excluding hydrogens is 291 g/mol. The fourth-order valence-electron chi connectivity index (χ4n) is 2.66. The van der Waals surface area contributed by atoms with Crippen LogP contribution in [0.3, 0.4) is 0 Å². The van der Waals surface area contributed by atoms with Crippen molar-refractivity contribution >= 4 is 10.9 Å². The average molecular weight is 304 g/mol. The van der Waals surface area contributed by atoms with Crippen LogP contribution in [0.2, 0.25) is 0 Å². The van der Waals surface area contributed by atoms with Gasteiger partial charge in [-0.3, -0.25) is 0 Å². The van der Waals surface area contributed by atoms with Crippen LogP contribution in [0.15, 0.2) is 78.9 Å². The van der Waals surface area contributed by atoms with Gasteiger partial charge >= 0.3 is 18.9 Å². The third kappa shape index (κ3) is 2.92. The van der Waals surface area contributed by atoms with Gasteiger partial charge in [-0.05, 0) is 11.6 Å². The van der Waals surface area contributed by atoms with Crippen LogP contribution in [-0.2, 0) is 0 Å². The number of benzene rings is 3. The normalized spacial score (nSPS) is 10.3. The molecule has 0 unspecified atom stereocenters. The Morgan fingerprint density at radius 1 is 0.667 bits per heavy atom. The summed E-state index contributed by atoms with van der Waals surface area (Å²) in [5, 5.41) is 13.1. The van der Waals surface area contributed by atoms with Crippen molar-refractivity contribution < 1.29 is 24.0 Å². The van der Waals surface area contributed by atoms with Crippen LogP contribution >= 0.6 is 0 Å². The maximum Gasteiger partial charge on any atom is 1.00 e. The van der Waals surface area contributed by atoms with Crippen molar-refractivity contribution in [3.63, 3.8) is 0 Å². The molecule has 0 fully saturated rings. The molecule has 24 heavy (non-hydrogen) atoms. The molecule has 0 saturated carbocycles. The molecule has 110 valence electrons. The molecule has 3 nitrogen and oxygen atoms in total. The zero-order valence-electron chi connectivity index (χ0n) is 13.3. The molecule has 0 aliphatic rings. The zero-order valence-corrected chi connectivity index (χ0v) is 13.3. The minimum atomic E-state index is -0.0321. The van der Waals surface area contributed by atoms with Crippen molar-refractivity contribution in [2.45, 2.75) is 0 Å². The molecule has 4 heteroatoms. The third-order valence-electron chi connectivity index (χ3n) is 3.78. The zero-order chi connectivity index (χ0) is 15.6. The maximum absolute atomic E-state index is 12.3. The molecule has 4 aromatic rings. The Morgan fingerprint density at radius 3 is 2.12 bits per heavy atom. The van der Waals surface area contributed by atoms with Crippen LogP contribution in [0.4, 0.5) is 0 Å². The Balaban J connectivity index is 0.00000169. The van der Waals surface area contributed by atoms with Crippen LogP contribution in [0, 0.1) is 0 Å². The first-order valence-corrected chi connectivity index (χ1v) is 7.41. The fraction of sp³-hybridized carbons (Fsp3) is 0. The molecular formula is C20H13LiN2O. The Kier molecular flexibility index (Phi) is 4.66. The number of hydrogen-bond acceptors (Lipinski definition) is 3. The molecule has 0 aliphatic heterocycles. The Labute approximate surface area is 152 Å². The van der Waals surface area contributed by atoms with Gasteiger partial charge < -0.3 is 5.11 Å². The van der Waals surface area contributed by atoms with Gasteiger partial charge in [-0.25, -0.2) is 9.97 Å². The van der Waals surface area contributed by atoms with Crippen LogP contribution in [0.1, 0.15) is 0 Å². The summed E-state index contributed by atoms with van der Waals surface area (Å²) >= 11 is 0. The maximum atomic E-state index is 12.3. The summed E-state index contributed by atoms with van der Waals surface area (Å²) in [6, 6.07) is 24.5. The standard InChI is InChI=1S/C20H14N2O.Li/c23-18-13-7-5-11-16(18)19-15-10-4-6-12-17(15)21-20(22-19)14-8-2-1-3-9-14;/h1-13,23H;/q;+1/p-1. The summed E-state index contributed by atoms with van der Waals surface area (Å²) in [5.41, 5.74) is 3.05. The first-order valence-electron chi connectivity index (χ1n) is 7.41. The quantitative estimate of drug-likeness (QED) is 0.520. The van der Waals surface area contributed by atoms with E-state index in [9.17, 15) is 5.11 Å². The van der Waals surface area contributed by atoms with E-state index in [1.165, 1.54) is 0 Å². The van der Waals surface area contributed by atoms with Gasteiger partial charge in [0.15, 0.2) is 5.82 Å². The topological polar surface area (TPSA) is 48.8 Å². The molecule has 0 saturated heterocycles. The summed E-state index contributed by atoms with van der Waals surface area (Å²) in [5.74, 6) is 0.595. The first kappa shape index (κ1) is 16.3. The van der Waals surface area contributed by atoms with Crippen molar-refractivity contribution in [3.8, 4) is 28.4 Å². The fourth-order valence-corrected chi connectivity index (χ4v) is 2.66. The van der Waals surface area contributed by atoms with Crippen LogP contribution < -0.4 is 24.0 Å². The van der Waals surface area contributed by atoms with E-state index in [0.717, 1.165) is 16.5 Å². The van der Waals surface area contributed by atoms with Gasteiger partial charge in [0.2, 0.25) is 0 Å². The van der Waals surface area contributed by atoms with Crippen LogP contribution in [0.5, 0.6) is 5.75 Å². The number of para-hydroxylation sites is 2. The average Bonchev–Trinajstić information content (AvgIpc) is 2.62. The second kappa shape index (κ2) is 6.88. The van der Waals surface area contributed by atoms with E-state index in [2.05, 4.69) is 4.98 Å². The Bertz CT molecular complexity index is 987. The van der Waals surface area contributed by atoms with E-state index in [1.807, 2.05) is 66.7 Å². The molecule has 0 spiro atoms. The van der Waals surface area contributed by atoms with E-state index in [0.29, 0.717) is 17.1 Å². The van der Waals surface area contributed by atoms with Crippen molar-refractivity contribution in [1.29, 1.82) is 0 Å². The second-order valence-electron chi connectivity index (χ2n) is 5.28. The number of aromatic nitrogens is 2. The second-order valence-corrected chi connectivity index (χ2v) is 5.28. The van der Waals surface area contributed by atoms with Crippen LogP contribution in [-0.4, -0.2) is 9.97 Å². The molecule has 0 bridgehead atoms. The summed E-state index contributed by atoms with van der Waals surface area (Å²) in [6.07, 6.45) is 0. The largest absolute Gasteiger partial charge is 1.00 e. The van der Waals surface area contributed by atoms with E-state index in [4.69, 9.17) is 4.98 Å². The number of nitrogens with zero attached hydrogens (tertiary/aromatic N) is 2. The molecule has 3 aromatic carbocycles. The molecule has 0 amide bonds. The van der Waals surface area contributed by atoms with Gasteiger partial charge in [0, 0.05) is 10.9 Å². The molecule has 1 aromatic heterocycles. The smallest absolute Gasteiger partial charge is 0.872 e. The third-order valence-corrected chi connectivity index (χ3v) is 3.78. The minimum absolute atomic E-state index is 0. The summed E-state index contributed by atoms with van der Waals surface area (Å²) in [4.78, 5) is 9.34. The van der Waals surface area contributed by atoms with Crippen molar-refractivity contribution in [3.05, 3.63) is 78.9 Å². The molecule has 0 N–H and O–H groups in total. The Morgan fingerprint density at radius 2 is 1.33 bits per heavy atom. The monoisotopic (exact) mass is 304 g/mol. The molecule has 4 rings (SSSR count). The van der Waals surface area contributed by atoms with E-state index >= 15 is 0 Å². The van der Waals surface area contributed by atoms with Gasteiger partial charge in [-0.1, -0.05) is 78.5 Å². The first-order chi connectivity index (χ1) is 11.3. The molecule has 0 aliphatic carbocycles. The van der Waals surface area contributed by atoms with Crippen molar-refractivity contribution in [1.82, 2.24) is 9.97 Å². The van der Waals surface area contributed by atoms with Crippen LogP contribution in [0.25, 0.3) is 33.5 Å². The number of hydrogen-bond donors (Lipinski definition) is 0. The van der Waals surface area contributed by atoms with E-state index in [-0.39, 0.29) is 24.6 Å². The number of fused-ring (bicyclic) bond motifs is 1.